The van der Waals surface area contributed by atoms with Crippen molar-refractivity contribution in [2.24, 2.45) is 12.5 Å². The summed E-state index contributed by atoms with van der Waals surface area (Å²) in [6.45, 7) is 11.8. The van der Waals surface area contributed by atoms with Crippen LogP contribution in [0.1, 0.15) is 49.7 Å². The Morgan fingerprint density at radius 1 is 1.33 bits per heavy atom. The molecule has 6 heteroatoms. The van der Waals surface area contributed by atoms with Gasteiger partial charge in [0, 0.05) is 7.05 Å². The third-order valence-corrected chi connectivity index (χ3v) is 4.01. The van der Waals surface area contributed by atoms with Crippen LogP contribution in [0.2, 0.25) is 0 Å². The highest BCUT2D eigenvalue weighted by atomic mass is 16.5. The number of amides is 1. The first-order valence-corrected chi connectivity index (χ1v) is 8.08. The van der Waals surface area contributed by atoms with Gasteiger partial charge in [-0.3, -0.25) is 9.48 Å². The third-order valence-electron chi connectivity index (χ3n) is 4.01. The summed E-state index contributed by atoms with van der Waals surface area (Å²) < 4.78 is 13.1. The molecule has 0 fully saturated rings. The summed E-state index contributed by atoms with van der Waals surface area (Å²) in [4.78, 5) is 12.4. The van der Waals surface area contributed by atoms with Crippen LogP contribution >= 0.6 is 0 Å². The van der Waals surface area contributed by atoms with E-state index < -0.39 is 0 Å². The minimum atomic E-state index is -0.224. The molecule has 0 aromatic carbocycles. The van der Waals surface area contributed by atoms with Crippen LogP contribution in [0.4, 0.5) is 0 Å². The Balaban J connectivity index is 2.06. The van der Waals surface area contributed by atoms with Gasteiger partial charge in [-0.1, -0.05) is 20.8 Å². The number of carbonyl (C=O) groups is 1. The van der Waals surface area contributed by atoms with Crippen LogP contribution in [0, 0.1) is 26.2 Å². The molecule has 1 atom stereocenters. The first-order valence-electron chi connectivity index (χ1n) is 8.08. The number of carbonyl (C=O) groups excluding carboxylic acids is 1. The molecule has 24 heavy (non-hydrogen) atoms. The van der Waals surface area contributed by atoms with Crippen molar-refractivity contribution >= 4 is 5.91 Å². The molecule has 6 nitrogen and oxygen atoms in total. The molecule has 0 aliphatic carbocycles. The SMILES string of the molecule is Cc1ccc(C(NC(=O)COc2c(C)nn(C)c2C)C(C)(C)C)o1. The number of ether oxygens (including phenoxy) is 1. The van der Waals surface area contributed by atoms with Gasteiger partial charge in [0.1, 0.15) is 17.2 Å². The fraction of sp³-hybridized carbons (Fsp3) is 0.556. The lowest BCUT2D eigenvalue weighted by Gasteiger charge is -2.29. The van der Waals surface area contributed by atoms with E-state index in [1.807, 2.05) is 40.0 Å². The molecule has 1 unspecified atom stereocenters. The average Bonchev–Trinajstić information content (AvgIpc) is 2.98. The van der Waals surface area contributed by atoms with Gasteiger partial charge in [0.25, 0.3) is 5.91 Å². The predicted molar refractivity (Wildman–Crippen MR) is 92.0 cm³/mol. The second-order valence-corrected chi connectivity index (χ2v) is 7.23. The summed E-state index contributed by atoms with van der Waals surface area (Å²) in [5.74, 6) is 2.05. The predicted octanol–water partition coefficient (Wildman–Crippen LogP) is 3.22. The molecule has 0 spiro atoms. The molecule has 2 heterocycles. The summed E-state index contributed by atoms with van der Waals surface area (Å²) >= 11 is 0. The molecule has 0 aliphatic heterocycles. The molecule has 2 aromatic heterocycles. The maximum absolute atomic E-state index is 12.4. The number of nitrogens with zero attached hydrogens (tertiary/aromatic N) is 2. The molecule has 2 rings (SSSR count). The minimum absolute atomic E-state index is 0.0559. The van der Waals surface area contributed by atoms with Gasteiger partial charge in [0.2, 0.25) is 0 Å². The van der Waals surface area contributed by atoms with E-state index >= 15 is 0 Å². The lowest BCUT2D eigenvalue weighted by molar-refractivity contribution is -0.124. The smallest absolute Gasteiger partial charge is 0.258 e. The monoisotopic (exact) mass is 333 g/mol. The van der Waals surface area contributed by atoms with E-state index in [1.54, 1.807) is 4.68 Å². The zero-order valence-electron chi connectivity index (χ0n) is 15.6. The van der Waals surface area contributed by atoms with Crippen molar-refractivity contribution in [3.05, 3.63) is 35.0 Å². The quantitative estimate of drug-likeness (QED) is 0.912. The van der Waals surface area contributed by atoms with Crippen LogP contribution < -0.4 is 10.1 Å². The number of hydrogen-bond donors (Lipinski definition) is 1. The van der Waals surface area contributed by atoms with E-state index in [2.05, 4.69) is 31.2 Å². The van der Waals surface area contributed by atoms with Crippen molar-refractivity contribution in [3.8, 4) is 5.75 Å². The van der Waals surface area contributed by atoms with Crippen molar-refractivity contribution in [1.82, 2.24) is 15.1 Å². The highest BCUT2D eigenvalue weighted by molar-refractivity contribution is 5.78. The Morgan fingerprint density at radius 3 is 2.46 bits per heavy atom. The molecule has 0 bridgehead atoms. The lowest BCUT2D eigenvalue weighted by atomic mass is 9.85. The van der Waals surface area contributed by atoms with Gasteiger partial charge < -0.3 is 14.5 Å². The largest absolute Gasteiger partial charge is 0.480 e. The molecule has 2 aromatic rings. The van der Waals surface area contributed by atoms with E-state index in [-0.39, 0.29) is 24.0 Å². The molecule has 0 saturated heterocycles. The van der Waals surface area contributed by atoms with Gasteiger partial charge in [-0.25, -0.2) is 0 Å². The van der Waals surface area contributed by atoms with E-state index in [4.69, 9.17) is 9.15 Å². The Kier molecular flexibility index (Phi) is 5.06. The summed E-state index contributed by atoms with van der Waals surface area (Å²) in [5, 5.41) is 7.30. The zero-order valence-corrected chi connectivity index (χ0v) is 15.6. The summed E-state index contributed by atoms with van der Waals surface area (Å²) in [6.07, 6.45) is 0. The second-order valence-electron chi connectivity index (χ2n) is 7.23. The Bertz CT molecular complexity index is 722. The van der Waals surface area contributed by atoms with Crippen LogP contribution in [0.5, 0.6) is 5.75 Å². The topological polar surface area (TPSA) is 69.3 Å². The molecular weight excluding hydrogens is 306 g/mol. The first-order chi connectivity index (χ1) is 11.1. The Labute approximate surface area is 143 Å². The van der Waals surface area contributed by atoms with E-state index in [9.17, 15) is 4.79 Å². The highest BCUT2D eigenvalue weighted by Gasteiger charge is 2.30. The number of aromatic nitrogens is 2. The molecule has 0 saturated carbocycles. The standard InChI is InChI=1S/C18H27N3O3/c1-11-8-9-14(24-11)17(18(4,5)6)19-15(22)10-23-16-12(2)20-21(7)13(16)3/h8-9,17H,10H2,1-7H3,(H,19,22). The molecule has 1 amide bonds. The van der Waals surface area contributed by atoms with Gasteiger partial charge in [0.15, 0.2) is 12.4 Å². The molecule has 0 aliphatic rings. The fourth-order valence-corrected chi connectivity index (χ4v) is 2.63. The Hall–Kier alpha value is -2.24. The molecular formula is C18H27N3O3. The van der Waals surface area contributed by atoms with Crippen LogP contribution in [-0.2, 0) is 11.8 Å². The number of hydrogen-bond acceptors (Lipinski definition) is 4. The number of furan rings is 1. The molecule has 1 N–H and O–H groups in total. The minimum Gasteiger partial charge on any atom is -0.480 e. The van der Waals surface area contributed by atoms with Crippen molar-refractivity contribution in [2.75, 3.05) is 6.61 Å². The summed E-state index contributed by atoms with van der Waals surface area (Å²) in [5.41, 5.74) is 1.49. The zero-order chi connectivity index (χ0) is 18.1. The molecule has 0 radical (unpaired) electrons. The first kappa shape index (κ1) is 18.1. The third kappa shape index (κ3) is 3.99. The van der Waals surface area contributed by atoms with E-state index in [0.717, 1.165) is 22.9 Å². The van der Waals surface area contributed by atoms with Gasteiger partial charge in [0.05, 0.1) is 11.7 Å². The van der Waals surface area contributed by atoms with Crippen LogP contribution in [-0.4, -0.2) is 22.3 Å². The fourth-order valence-electron chi connectivity index (χ4n) is 2.63. The summed E-state index contributed by atoms with van der Waals surface area (Å²) in [6, 6.07) is 3.58. The van der Waals surface area contributed by atoms with Crippen molar-refractivity contribution in [2.45, 2.75) is 47.6 Å². The highest BCUT2D eigenvalue weighted by Crippen LogP contribution is 2.33. The van der Waals surface area contributed by atoms with E-state index in [0.29, 0.717) is 5.75 Å². The van der Waals surface area contributed by atoms with Gasteiger partial charge in [-0.2, -0.15) is 5.10 Å². The normalized spacial score (nSPS) is 13.0. The Morgan fingerprint density at radius 2 is 2.00 bits per heavy atom. The van der Waals surface area contributed by atoms with Crippen LogP contribution in [0.3, 0.4) is 0 Å². The maximum atomic E-state index is 12.4. The van der Waals surface area contributed by atoms with Crippen LogP contribution in [0.15, 0.2) is 16.5 Å². The number of rotatable bonds is 5. The van der Waals surface area contributed by atoms with Crippen molar-refractivity contribution in [3.63, 3.8) is 0 Å². The average molecular weight is 333 g/mol. The van der Waals surface area contributed by atoms with Crippen molar-refractivity contribution < 1.29 is 13.9 Å². The van der Waals surface area contributed by atoms with E-state index in [1.165, 1.54) is 0 Å². The number of aryl methyl sites for hydroxylation is 3. The molecule has 132 valence electrons. The van der Waals surface area contributed by atoms with Crippen LogP contribution in [0.25, 0.3) is 0 Å². The van der Waals surface area contributed by atoms with Gasteiger partial charge in [-0.15, -0.1) is 0 Å². The lowest BCUT2D eigenvalue weighted by Crippen LogP contribution is -2.39. The van der Waals surface area contributed by atoms with Gasteiger partial charge >= 0.3 is 0 Å². The second kappa shape index (κ2) is 6.71. The van der Waals surface area contributed by atoms with Gasteiger partial charge in [-0.05, 0) is 38.3 Å². The maximum Gasteiger partial charge on any atom is 0.258 e. The van der Waals surface area contributed by atoms with Crippen molar-refractivity contribution in [1.29, 1.82) is 0 Å². The number of nitrogens with one attached hydrogen (secondary N) is 1. The summed E-state index contributed by atoms with van der Waals surface area (Å²) in [7, 11) is 1.85.